The van der Waals surface area contributed by atoms with Crippen LogP contribution in [0.3, 0.4) is 0 Å². The molecule has 0 aliphatic heterocycles. The molecule has 2 N–H and O–H groups in total. The van der Waals surface area contributed by atoms with Crippen LogP contribution in [0.5, 0.6) is 0 Å². The van der Waals surface area contributed by atoms with Gasteiger partial charge in [0.05, 0.1) is 0 Å². The monoisotopic (exact) mass is 251 g/mol. The van der Waals surface area contributed by atoms with E-state index in [1.807, 2.05) is 0 Å². The maximum Gasteiger partial charge on any atom is 0.228 e. The van der Waals surface area contributed by atoms with Gasteiger partial charge < -0.3 is 10.3 Å². The van der Waals surface area contributed by atoms with Gasteiger partial charge >= 0.3 is 0 Å². The number of hydrogen-bond acceptors (Lipinski definition) is 4. The van der Waals surface area contributed by atoms with E-state index in [9.17, 15) is 0 Å². The Labute approximate surface area is 109 Å². The first-order valence-corrected chi connectivity index (χ1v) is 7.05. The number of rotatable bonds is 3. The van der Waals surface area contributed by atoms with Crippen molar-refractivity contribution in [2.75, 3.05) is 0 Å². The lowest BCUT2D eigenvalue weighted by Gasteiger charge is -2.25. The molecular weight excluding hydrogens is 226 g/mol. The molecule has 1 saturated carbocycles. The number of aromatic nitrogens is 2. The largest absolute Gasteiger partial charge is 0.339 e. The van der Waals surface area contributed by atoms with Crippen molar-refractivity contribution < 1.29 is 4.52 Å². The van der Waals surface area contributed by atoms with Crippen molar-refractivity contribution in [2.45, 2.75) is 71.3 Å². The normalized spacial score (nSPS) is 20.0. The van der Waals surface area contributed by atoms with E-state index in [0.29, 0.717) is 18.2 Å². The first-order chi connectivity index (χ1) is 8.47. The van der Waals surface area contributed by atoms with E-state index in [1.165, 1.54) is 32.1 Å². The van der Waals surface area contributed by atoms with Crippen LogP contribution < -0.4 is 5.73 Å². The van der Waals surface area contributed by atoms with Crippen molar-refractivity contribution in [3.63, 3.8) is 0 Å². The fourth-order valence-electron chi connectivity index (χ4n) is 2.37. The van der Waals surface area contributed by atoms with Crippen LogP contribution in [0, 0.1) is 5.41 Å². The SMILES string of the molecule is CC(C)(C)C(N)Cc1nc(C2CCCCC2)no1. The third-order valence-electron chi connectivity index (χ3n) is 3.96. The minimum Gasteiger partial charge on any atom is -0.339 e. The van der Waals surface area contributed by atoms with Crippen LogP contribution in [0.2, 0.25) is 0 Å². The summed E-state index contributed by atoms with van der Waals surface area (Å²) in [4.78, 5) is 4.53. The van der Waals surface area contributed by atoms with Gasteiger partial charge in [0.1, 0.15) is 0 Å². The van der Waals surface area contributed by atoms with Crippen molar-refractivity contribution in [3.8, 4) is 0 Å². The fraction of sp³-hybridized carbons (Fsp3) is 0.857. The highest BCUT2D eigenvalue weighted by atomic mass is 16.5. The summed E-state index contributed by atoms with van der Waals surface area (Å²) < 4.78 is 5.34. The molecule has 4 nitrogen and oxygen atoms in total. The minimum absolute atomic E-state index is 0.0529. The third-order valence-corrected chi connectivity index (χ3v) is 3.96. The zero-order chi connectivity index (χ0) is 13.2. The van der Waals surface area contributed by atoms with Crippen LogP contribution in [0.25, 0.3) is 0 Å². The Kier molecular flexibility index (Phi) is 4.05. The number of nitrogens with zero attached hydrogens (tertiary/aromatic N) is 2. The molecule has 4 heteroatoms. The van der Waals surface area contributed by atoms with Gasteiger partial charge in [-0.25, -0.2) is 0 Å². The Bertz CT molecular complexity index is 375. The second kappa shape index (κ2) is 5.39. The second-order valence-corrected chi connectivity index (χ2v) is 6.56. The van der Waals surface area contributed by atoms with Gasteiger partial charge in [0, 0.05) is 18.4 Å². The molecule has 1 atom stereocenters. The van der Waals surface area contributed by atoms with E-state index in [2.05, 4.69) is 30.9 Å². The molecule has 2 rings (SSSR count). The topological polar surface area (TPSA) is 64.9 Å². The lowest BCUT2D eigenvalue weighted by atomic mass is 9.85. The summed E-state index contributed by atoms with van der Waals surface area (Å²) in [5.74, 6) is 2.09. The molecule has 1 aliphatic carbocycles. The Balaban J connectivity index is 1.97. The van der Waals surface area contributed by atoms with Crippen LogP contribution in [-0.2, 0) is 6.42 Å². The molecule has 1 aromatic rings. The number of hydrogen-bond donors (Lipinski definition) is 1. The lowest BCUT2D eigenvalue weighted by Crippen LogP contribution is -2.37. The molecule has 0 saturated heterocycles. The molecule has 1 heterocycles. The summed E-state index contributed by atoms with van der Waals surface area (Å²) in [5.41, 5.74) is 6.21. The Hall–Kier alpha value is -0.900. The van der Waals surface area contributed by atoms with Crippen molar-refractivity contribution in [2.24, 2.45) is 11.1 Å². The Morgan fingerprint density at radius 2 is 1.94 bits per heavy atom. The molecule has 0 bridgehead atoms. The molecule has 0 aromatic carbocycles. The quantitative estimate of drug-likeness (QED) is 0.896. The van der Waals surface area contributed by atoms with Crippen molar-refractivity contribution in [3.05, 3.63) is 11.7 Å². The highest BCUT2D eigenvalue weighted by molar-refractivity contribution is 4.98. The maximum atomic E-state index is 6.14. The smallest absolute Gasteiger partial charge is 0.228 e. The molecule has 0 radical (unpaired) electrons. The lowest BCUT2D eigenvalue weighted by molar-refractivity contribution is 0.284. The van der Waals surface area contributed by atoms with Crippen LogP contribution >= 0.6 is 0 Å². The standard InChI is InChI=1S/C14H25N3O/c1-14(2,3)11(15)9-12-16-13(17-18-12)10-7-5-4-6-8-10/h10-11H,4-9,15H2,1-3H3. The Morgan fingerprint density at radius 1 is 1.28 bits per heavy atom. The average molecular weight is 251 g/mol. The molecule has 102 valence electrons. The van der Waals surface area contributed by atoms with Gasteiger partial charge in [0.15, 0.2) is 5.82 Å². The molecular formula is C14H25N3O. The number of nitrogens with two attached hydrogens (primary N) is 1. The zero-order valence-corrected chi connectivity index (χ0v) is 11.8. The van der Waals surface area contributed by atoms with E-state index < -0.39 is 0 Å². The summed E-state index contributed by atoms with van der Waals surface area (Å²) in [6.07, 6.45) is 6.99. The molecule has 0 spiro atoms. The van der Waals surface area contributed by atoms with Gasteiger partial charge in [-0.15, -0.1) is 0 Å². The Morgan fingerprint density at radius 3 is 2.56 bits per heavy atom. The van der Waals surface area contributed by atoms with Crippen LogP contribution in [0.15, 0.2) is 4.52 Å². The molecule has 1 unspecified atom stereocenters. The summed E-state index contributed by atoms with van der Waals surface area (Å²) in [6.45, 7) is 6.41. The summed E-state index contributed by atoms with van der Waals surface area (Å²) in [7, 11) is 0. The van der Waals surface area contributed by atoms with Crippen LogP contribution in [0.1, 0.15) is 70.5 Å². The molecule has 1 aromatic heterocycles. The van der Waals surface area contributed by atoms with Gasteiger partial charge in [-0.05, 0) is 18.3 Å². The van der Waals surface area contributed by atoms with Gasteiger partial charge in [-0.3, -0.25) is 0 Å². The molecule has 0 amide bonds. The maximum absolute atomic E-state index is 6.14. The summed E-state index contributed by atoms with van der Waals surface area (Å²) in [6, 6.07) is 0.0529. The van der Waals surface area contributed by atoms with Crippen molar-refractivity contribution in [1.29, 1.82) is 0 Å². The first-order valence-electron chi connectivity index (χ1n) is 7.05. The van der Waals surface area contributed by atoms with Gasteiger partial charge in [-0.1, -0.05) is 45.2 Å². The highest BCUT2D eigenvalue weighted by Crippen LogP contribution is 2.31. The van der Waals surface area contributed by atoms with E-state index in [1.54, 1.807) is 0 Å². The molecule has 1 aliphatic rings. The third kappa shape index (κ3) is 3.31. The molecule has 1 fully saturated rings. The average Bonchev–Trinajstić information content (AvgIpc) is 2.77. The van der Waals surface area contributed by atoms with Crippen molar-refractivity contribution in [1.82, 2.24) is 10.1 Å². The summed E-state index contributed by atoms with van der Waals surface area (Å²) >= 11 is 0. The zero-order valence-electron chi connectivity index (χ0n) is 11.8. The predicted octanol–water partition coefficient (Wildman–Crippen LogP) is 3.03. The van der Waals surface area contributed by atoms with E-state index in [-0.39, 0.29) is 11.5 Å². The molecule has 18 heavy (non-hydrogen) atoms. The first kappa shape index (κ1) is 13.5. The van der Waals surface area contributed by atoms with Gasteiger partial charge in [0.2, 0.25) is 5.89 Å². The highest BCUT2D eigenvalue weighted by Gasteiger charge is 2.25. The van der Waals surface area contributed by atoms with Crippen molar-refractivity contribution >= 4 is 0 Å². The second-order valence-electron chi connectivity index (χ2n) is 6.56. The van der Waals surface area contributed by atoms with Crippen LogP contribution in [0.4, 0.5) is 0 Å². The van der Waals surface area contributed by atoms with E-state index >= 15 is 0 Å². The van der Waals surface area contributed by atoms with Gasteiger partial charge in [-0.2, -0.15) is 4.98 Å². The summed E-state index contributed by atoms with van der Waals surface area (Å²) in [5, 5.41) is 4.13. The van der Waals surface area contributed by atoms with Crippen LogP contribution in [-0.4, -0.2) is 16.2 Å². The van der Waals surface area contributed by atoms with Gasteiger partial charge in [0.25, 0.3) is 0 Å². The van der Waals surface area contributed by atoms with E-state index in [4.69, 9.17) is 10.3 Å². The minimum atomic E-state index is 0.0529. The predicted molar refractivity (Wildman–Crippen MR) is 71.3 cm³/mol. The van der Waals surface area contributed by atoms with E-state index in [0.717, 1.165) is 5.82 Å². The fourth-order valence-corrected chi connectivity index (χ4v) is 2.37.